The number of nitrogens with zero attached hydrogens (tertiary/aromatic N) is 2. The molecule has 2 heterocycles. The topological polar surface area (TPSA) is 65.7 Å². The van der Waals surface area contributed by atoms with Gasteiger partial charge in [0.15, 0.2) is 0 Å². The predicted octanol–water partition coefficient (Wildman–Crippen LogP) is 3.69. The van der Waals surface area contributed by atoms with Crippen molar-refractivity contribution in [2.75, 3.05) is 19.6 Å². The summed E-state index contributed by atoms with van der Waals surface area (Å²) in [4.78, 5) is 14.1. The second kappa shape index (κ2) is 7.05. The number of aromatic carboxylic acids is 1. The molecule has 3 rings (SSSR count). The molecule has 0 radical (unpaired) electrons. The number of aromatic nitrogens is 1. The molecular weight excluding hydrogens is 328 g/mol. The van der Waals surface area contributed by atoms with E-state index in [9.17, 15) is 15.0 Å². The third-order valence-corrected chi connectivity index (χ3v) is 5.70. The number of piperidine rings is 1. The number of fused-ring (bicyclic) bond motifs is 1. The van der Waals surface area contributed by atoms with Gasteiger partial charge in [0.1, 0.15) is 0 Å². The third kappa shape index (κ3) is 3.64. The molecule has 5 nitrogen and oxygen atoms in total. The molecule has 0 amide bonds. The summed E-state index contributed by atoms with van der Waals surface area (Å²) in [7, 11) is 0. The Bertz CT molecular complexity index is 795. The third-order valence-electron chi connectivity index (χ3n) is 5.70. The molecule has 1 atom stereocenters. The maximum Gasteiger partial charge on any atom is 0.338 e. The first-order chi connectivity index (χ1) is 12.2. The number of carboxylic acids is 1. The Morgan fingerprint density at radius 1 is 1.27 bits per heavy atom. The summed E-state index contributed by atoms with van der Waals surface area (Å²) < 4.78 is 2.22. The molecule has 1 fully saturated rings. The molecule has 0 aliphatic carbocycles. The number of hydrogen-bond acceptors (Lipinski definition) is 3. The minimum atomic E-state index is -0.857. The molecule has 2 N–H and O–H groups in total. The molecule has 26 heavy (non-hydrogen) atoms. The largest absolute Gasteiger partial charge is 0.478 e. The van der Waals surface area contributed by atoms with Crippen LogP contribution in [-0.4, -0.2) is 50.9 Å². The van der Waals surface area contributed by atoms with Crippen LogP contribution in [-0.2, 0) is 0 Å². The Hall–Kier alpha value is -1.85. The van der Waals surface area contributed by atoms with Crippen LogP contribution < -0.4 is 0 Å². The Kier molecular flexibility index (Phi) is 5.13. The first-order valence-electron chi connectivity index (χ1n) is 9.46. The molecule has 142 valence electrons. The van der Waals surface area contributed by atoms with Gasteiger partial charge in [0.05, 0.1) is 11.2 Å². The molecule has 0 spiro atoms. The molecule has 1 aliphatic rings. The number of carboxylic acid groups (broad SMARTS) is 1. The highest BCUT2D eigenvalue weighted by atomic mass is 16.4. The van der Waals surface area contributed by atoms with Gasteiger partial charge in [-0.25, -0.2) is 4.79 Å². The highest BCUT2D eigenvalue weighted by Gasteiger charge is 2.30. The minimum absolute atomic E-state index is 0.247. The second-order valence-electron chi connectivity index (χ2n) is 8.32. The van der Waals surface area contributed by atoms with Gasteiger partial charge in [-0.15, -0.1) is 0 Å². The van der Waals surface area contributed by atoms with Crippen LogP contribution in [0, 0.1) is 12.8 Å². The van der Waals surface area contributed by atoms with Crippen LogP contribution in [0.25, 0.3) is 10.9 Å². The number of hydrogen-bond donors (Lipinski definition) is 2. The van der Waals surface area contributed by atoms with Crippen molar-refractivity contribution in [3.8, 4) is 0 Å². The zero-order valence-electron chi connectivity index (χ0n) is 16.2. The van der Waals surface area contributed by atoms with E-state index in [4.69, 9.17) is 0 Å². The number of benzene rings is 1. The lowest BCUT2D eigenvalue weighted by Gasteiger charge is -2.38. The normalized spacial score (nSPS) is 18.3. The molecule has 1 aromatic carbocycles. The van der Waals surface area contributed by atoms with Crippen molar-refractivity contribution in [2.45, 2.75) is 52.2 Å². The maximum absolute atomic E-state index is 11.8. The quantitative estimate of drug-likeness (QED) is 0.855. The summed E-state index contributed by atoms with van der Waals surface area (Å²) in [6.07, 6.45) is 2.12. The molecule has 2 aromatic rings. The summed E-state index contributed by atoms with van der Waals surface area (Å²) in [6.45, 7) is 10.5. The van der Waals surface area contributed by atoms with E-state index in [-0.39, 0.29) is 6.04 Å². The average Bonchev–Trinajstić information content (AvgIpc) is 2.85. The van der Waals surface area contributed by atoms with Gasteiger partial charge >= 0.3 is 5.97 Å². The van der Waals surface area contributed by atoms with Crippen molar-refractivity contribution in [3.05, 3.63) is 35.5 Å². The van der Waals surface area contributed by atoms with Gasteiger partial charge < -0.3 is 19.7 Å². The van der Waals surface area contributed by atoms with Gasteiger partial charge in [-0.2, -0.15) is 0 Å². The van der Waals surface area contributed by atoms with Crippen molar-refractivity contribution in [1.82, 2.24) is 9.47 Å². The zero-order chi connectivity index (χ0) is 19.1. The van der Waals surface area contributed by atoms with E-state index in [1.807, 2.05) is 45.0 Å². The molecular formula is C21H30N2O3. The van der Waals surface area contributed by atoms with Gasteiger partial charge in [-0.05, 0) is 65.6 Å². The lowest BCUT2D eigenvalue weighted by atomic mass is 9.89. The number of rotatable bonds is 5. The molecule has 1 aliphatic heterocycles. The number of aliphatic hydroxyl groups is 1. The highest BCUT2D eigenvalue weighted by Crippen LogP contribution is 2.35. The second-order valence-corrected chi connectivity index (χ2v) is 8.32. The molecule has 5 heteroatoms. The van der Waals surface area contributed by atoms with E-state index < -0.39 is 11.6 Å². The van der Waals surface area contributed by atoms with Gasteiger partial charge in [-0.1, -0.05) is 18.2 Å². The lowest BCUT2D eigenvalue weighted by molar-refractivity contribution is 0.0214. The van der Waals surface area contributed by atoms with E-state index in [1.54, 1.807) is 0 Å². The van der Waals surface area contributed by atoms with Crippen molar-refractivity contribution in [1.29, 1.82) is 0 Å². The van der Waals surface area contributed by atoms with Crippen LogP contribution >= 0.6 is 0 Å². The average molecular weight is 358 g/mol. The molecule has 0 bridgehead atoms. The van der Waals surface area contributed by atoms with Gasteiger partial charge in [0, 0.05) is 29.2 Å². The Balaban J connectivity index is 1.84. The van der Waals surface area contributed by atoms with Crippen molar-refractivity contribution >= 4 is 16.9 Å². The molecule has 0 saturated carbocycles. The first kappa shape index (κ1) is 18.9. The zero-order valence-corrected chi connectivity index (χ0v) is 16.2. The lowest BCUT2D eigenvalue weighted by Crippen LogP contribution is -2.43. The van der Waals surface area contributed by atoms with Crippen molar-refractivity contribution < 1.29 is 15.0 Å². The van der Waals surface area contributed by atoms with Gasteiger partial charge in [0.25, 0.3) is 0 Å². The number of carbonyl (C=O) groups is 1. The van der Waals surface area contributed by atoms with Crippen LogP contribution in [0.5, 0.6) is 0 Å². The van der Waals surface area contributed by atoms with E-state index >= 15 is 0 Å². The van der Waals surface area contributed by atoms with Crippen molar-refractivity contribution in [2.24, 2.45) is 5.92 Å². The molecule has 1 saturated heterocycles. The summed E-state index contributed by atoms with van der Waals surface area (Å²) in [5, 5.41) is 20.5. The Morgan fingerprint density at radius 3 is 2.46 bits per heavy atom. The fraction of sp³-hybridized carbons (Fsp3) is 0.571. The summed E-state index contributed by atoms with van der Waals surface area (Å²) in [5.41, 5.74) is 1.60. The number of likely N-dealkylation sites (tertiary alicyclic amines) is 1. The van der Waals surface area contributed by atoms with Crippen LogP contribution in [0.15, 0.2) is 24.3 Å². The minimum Gasteiger partial charge on any atom is -0.478 e. The summed E-state index contributed by atoms with van der Waals surface area (Å²) in [5.74, 6) is -0.353. The van der Waals surface area contributed by atoms with E-state index in [0.29, 0.717) is 18.0 Å². The highest BCUT2D eigenvalue weighted by molar-refractivity contribution is 6.05. The standard InChI is InChI=1S/C21H30N2O3/c1-14(16-9-11-22(12-10-16)13-21(3,4)26)23-15(2)19(20(24)25)17-7-5-6-8-18(17)23/h5-8,14,16,26H,9-13H2,1-4H3,(H,24,25)/t14-/m1/s1. The van der Waals surface area contributed by atoms with Crippen LogP contribution in [0.2, 0.25) is 0 Å². The van der Waals surface area contributed by atoms with Crippen LogP contribution in [0.4, 0.5) is 0 Å². The fourth-order valence-corrected chi connectivity index (χ4v) is 4.54. The van der Waals surface area contributed by atoms with Crippen LogP contribution in [0.3, 0.4) is 0 Å². The monoisotopic (exact) mass is 358 g/mol. The summed E-state index contributed by atoms with van der Waals surface area (Å²) in [6, 6.07) is 8.05. The van der Waals surface area contributed by atoms with Gasteiger partial charge in [-0.3, -0.25) is 0 Å². The van der Waals surface area contributed by atoms with Crippen molar-refractivity contribution in [3.63, 3.8) is 0 Å². The van der Waals surface area contributed by atoms with Crippen LogP contribution in [0.1, 0.15) is 55.7 Å². The predicted molar refractivity (Wildman–Crippen MR) is 104 cm³/mol. The number of para-hydroxylation sites is 1. The summed E-state index contributed by atoms with van der Waals surface area (Å²) >= 11 is 0. The Labute approximate surface area is 155 Å². The first-order valence-corrected chi connectivity index (χ1v) is 9.46. The number of β-amino-alcohol motifs (C(OH)–C–C–N with tert-alkyl or cyclic N) is 1. The SMILES string of the molecule is Cc1c(C(=O)O)c2ccccc2n1[C@H](C)C1CCN(CC(C)(C)O)CC1. The molecule has 0 unspecified atom stereocenters. The fourth-order valence-electron chi connectivity index (χ4n) is 4.54. The smallest absolute Gasteiger partial charge is 0.338 e. The van der Waals surface area contributed by atoms with E-state index in [2.05, 4.69) is 16.4 Å². The Morgan fingerprint density at radius 2 is 1.88 bits per heavy atom. The van der Waals surface area contributed by atoms with E-state index in [0.717, 1.165) is 42.5 Å². The van der Waals surface area contributed by atoms with Gasteiger partial charge in [0.2, 0.25) is 0 Å². The molecule has 1 aromatic heterocycles. The van der Waals surface area contributed by atoms with E-state index in [1.165, 1.54) is 0 Å². The maximum atomic E-state index is 11.8.